The molecule has 0 N–H and O–H groups in total. The van der Waals surface area contributed by atoms with E-state index in [9.17, 15) is 0 Å². The second-order valence-electron chi connectivity index (χ2n) is 16.3. The molecular formula is C56H40FN5Si. The first-order chi connectivity index (χ1) is 31.1. The van der Waals surface area contributed by atoms with Gasteiger partial charge in [0.15, 0.2) is 14.2 Å². The van der Waals surface area contributed by atoms with E-state index < -0.39 is 14.2 Å². The molecule has 0 saturated carbocycles. The number of anilines is 3. The number of hydrogen-bond acceptors (Lipinski definition) is 3. The van der Waals surface area contributed by atoms with Gasteiger partial charge in [-0.3, -0.25) is 4.57 Å². The van der Waals surface area contributed by atoms with Gasteiger partial charge in [-0.25, -0.2) is 14.4 Å². The Kier molecular flexibility index (Phi) is 8.59. The zero-order chi connectivity index (χ0) is 42.1. The van der Waals surface area contributed by atoms with Gasteiger partial charge in [-0.15, -0.1) is 0 Å². The molecule has 0 radical (unpaired) electrons. The highest BCUT2D eigenvalue weighted by Gasteiger charge is 2.49. The molecule has 1 unspecified atom stereocenters. The Balaban J connectivity index is 1.09. The summed E-state index contributed by atoms with van der Waals surface area (Å²) in [7, 11) is -0.949. The van der Waals surface area contributed by atoms with Crippen LogP contribution in [-0.2, 0) is 7.05 Å². The standard InChI is InChI=1S/C56H40FN5Si/c1-60-48-30-12-11-29-47(48)59-55(60)40-20-15-18-38(34-40)54(57)39-19-16-23-42(35-39)62-50-37-51-53(36-46(50)45-28-17-33-58-56(45)62)63(43-24-7-3-8-25-43,44-26-9-4-10-27-44)52-32-14-13-31-49(52)61(51)41-21-5-2-6-22-41/h2-37,54H,1H3. The lowest BCUT2D eigenvalue weighted by molar-refractivity contribution is 0.402. The molecule has 0 bridgehead atoms. The summed E-state index contributed by atoms with van der Waals surface area (Å²) in [5.41, 5.74) is 10.00. The molecule has 63 heavy (non-hydrogen) atoms. The lowest BCUT2D eigenvalue weighted by atomic mass is 10.00. The molecule has 1 aliphatic rings. The molecule has 7 heteroatoms. The third kappa shape index (κ3) is 5.67. The van der Waals surface area contributed by atoms with Crippen molar-refractivity contribution in [1.29, 1.82) is 0 Å². The van der Waals surface area contributed by atoms with Gasteiger partial charge in [0.2, 0.25) is 0 Å². The maximum atomic E-state index is 17.1. The molecule has 0 aliphatic carbocycles. The zero-order valence-corrected chi connectivity index (χ0v) is 35.5. The van der Waals surface area contributed by atoms with Crippen molar-refractivity contribution in [3.05, 3.63) is 230 Å². The lowest BCUT2D eigenvalue weighted by Gasteiger charge is -2.45. The second kappa shape index (κ2) is 14.6. The minimum absolute atomic E-state index is 0.568. The Labute approximate surface area is 365 Å². The van der Waals surface area contributed by atoms with Crippen LogP contribution in [0.3, 0.4) is 0 Å². The summed E-state index contributed by atoms with van der Waals surface area (Å²) in [5.74, 6) is 0.803. The van der Waals surface area contributed by atoms with E-state index in [-0.39, 0.29) is 0 Å². The summed E-state index contributed by atoms with van der Waals surface area (Å²) in [6, 6.07) is 74.5. The zero-order valence-electron chi connectivity index (χ0n) is 34.5. The van der Waals surface area contributed by atoms with Gasteiger partial charge >= 0.3 is 0 Å². The summed E-state index contributed by atoms with van der Waals surface area (Å²) in [6.45, 7) is 0. The van der Waals surface area contributed by atoms with Crippen LogP contribution < -0.4 is 25.6 Å². The van der Waals surface area contributed by atoms with Gasteiger partial charge in [-0.2, -0.15) is 0 Å². The van der Waals surface area contributed by atoms with E-state index in [1.807, 2.05) is 80.0 Å². The minimum atomic E-state index is -2.96. The normalized spacial score (nSPS) is 13.6. The van der Waals surface area contributed by atoms with Crippen molar-refractivity contribution >= 4 is 78.9 Å². The van der Waals surface area contributed by atoms with Gasteiger partial charge in [-0.05, 0) is 105 Å². The quantitative estimate of drug-likeness (QED) is 0.150. The van der Waals surface area contributed by atoms with Gasteiger partial charge in [0.25, 0.3) is 0 Å². The first-order valence-corrected chi connectivity index (χ1v) is 23.4. The largest absolute Gasteiger partial charge is 0.327 e. The summed E-state index contributed by atoms with van der Waals surface area (Å²) >= 11 is 0. The van der Waals surface area contributed by atoms with Crippen LogP contribution in [0.15, 0.2) is 219 Å². The number of imidazole rings is 1. The summed E-state index contributed by atoms with van der Waals surface area (Å²) in [5, 5.41) is 7.42. The molecule has 0 fully saturated rings. The number of fused-ring (bicyclic) bond motifs is 6. The van der Waals surface area contributed by atoms with Crippen LogP contribution in [0.2, 0.25) is 0 Å². The van der Waals surface area contributed by atoms with Gasteiger partial charge in [0.1, 0.15) is 11.5 Å². The number of benzene rings is 8. The van der Waals surface area contributed by atoms with E-state index in [1.165, 1.54) is 26.4 Å². The van der Waals surface area contributed by atoms with Crippen molar-refractivity contribution < 1.29 is 4.39 Å². The smallest absolute Gasteiger partial charge is 0.184 e. The van der Waals surface area contributed by atoms with Gasteiger partial charge in [0.05, 0.1) is 16.6 Å². The number of hydrogen-bond donors (Lipinski definition) is 0. The summed E-state index contributed by atoms with van der Waals surface area (Å²) in [6.07, 6.45) is 0.479. The number of nitrogens with zero attached hydrogens (tertiary/aromatic N) is 5. The van der Waals surface area contributed by atoms with Crippen molar-refractivity contribution in [3.63, 3.8) is 0 Å². The summed E-state index contributed by atoms with van der Waals surface area (Å²) < 4.78 is 21.4. The molecule has 300 valence electrons. The van der Waals surface area contributed by atoms with Gasteiger partial charge in [-0.1, -0.05) is 140 Å². The van der Waals surface area contributed by atoms with Crippen LogP contribution in [0.4, 0.5) is 21.5 Å². The predicted molar refractivity (Wildman–Crippen MR) is 260 cm³/mol. The average Bonchev–Trinajstić information content (AvgIpc) is 3.87. The van der Waals surface area contributed by atoms with Crippen LogP contribution in [0.1, 0.15) is 17.3 Å². The lowest BCUT2D eigenvalue weighted by Crippen LogP contribution is -2.77. The number of rotatable bonds is 7. The monoisotopic (exact) mass is 829 g/mol. The van der Waals surface area contributed by atoms with E-state index in [4.69, 9.17) is 9.97 Å². The second-order valence-corrected chi connectivity index (χ2v) is 20.1. The van der Waals surface area contributed by atoms with Crippen LogP contribution in [0.5, 0.6) is 0 Å². The van der Waals surface area contributed by atoms with Crippen molar-refractivity contribution in [2.24, 2.45) is 7.05 Å². The van der Waals surface area contributed by atoms with Crippen molar-refractivity contribution in [2.75, 3.05) is 4.90 Å². The molecule has 4 heterocycles. The Morgan fingerprint density at radius 1 is 0.508 bits per heavy atom. The fourth-order valence-electron chi connectivity index (χ4n) is 10.2. The van der Waals surface area contributed by atoms with Gasteiger partial charge < -0.3 is 9.47 Å². The van der Waals surface area contributed by atoms with Crippen LogP contribution in [0, 0.1) is 0 Å². The van der Waals surface area contributed by atoms with Crippen molar-refractivity contribution in [3.8, 4) is 17.1 Å². The number of aromatic nitrogens is 4. The SMILES string of the molecule is Cn1c(-c2cccc(C(F)c3cccc(-n4c5cc6c(cc5c5cccnc54)[Si](c4ccccc4)(c4ccccc4)c4ccccc4N6c4ccccc4)c3)c2)nc2ccccc21. The fraction of sp³-hybridized carbons (Fsp3) is 0.0357. The first-order valence-electron chi connectivity index (χ1n) is 21.4. The number of para-hydroxylation sites is 4. The molecule has 1 aliphatic heterocycles. The molecule has 8 aromatic carbocycles. The van der Waals surface area contributed by atoms with E-state index in [0.29, 0.717) is 11.1 Å². The summed E-state index contributed by atoms with van der Waals surface area (Å²) in [4.78, 5) is 12.4. The molecule has 0 spiro atoms. The highest BCUT2D eigenvalue weighted by atomic mass is 28.3. The maximum absolute atomic E-state index is 17.1. The Morgan fingerprint density at radius 2 is 1.16 bits per heavy atom. The average molecular weight is 830 g/mol. The highest BCUT2D eigenvalue weighted by molar-refractivity contribution is 7.21. The Hall–Kier alpha value is -7.87. The molecule has 0 saturated heterocycles. The maximum Gasteiger partial charge on any atom is 0.184 e. The molecule has 5 nitrogen and oxygen atoms in total. The number of halogens is 1. The van der Waals surface area contributed by atoms with Crippen LogP contribution in [-0.4, -0.2) is 27.2 Å². The molecule has 1 atom stereocenters. The third-order valence-corrected chi connectivity index (χ3v) is 17.7. The molecule has 12 rings (SSSR count). The molecule has 3 aromatic heterocycles. The highest BCUT2D eigenvalue weighted by Crippen LogP contribution is 2.42. The molecule has 11 aromatic rings. The topological polar surface area (TPSA) is 38.9 Å². The number of pyridine rings is 1. The number of aryl methyl sites for hydroxylation is 1. The first kappa shape index (κ1) is 36.9. The Morgan fingerprint density at radius 3 is 1.92 bits per heavy atom. The van der Waals surface area contributed by atoms with E-state index in [2.05, 4.69) is 160 Å². The molecule has 0 amide bonds. The van der Waals surface area contributed by atoms with Crippen LogP contribution in [0.25, 0.3) is 50.0 Å². The predicted octanol–water partition coefficient (Wildman–Crippen LogP) is 11.0. The van der Waals surface area contributed by atoms with Crippen molar-refractivity contribution in [2.45, 2.75) is 6.17 Å². The minimum Gasteiger partial charge on any atom is -0.327 e. The van der Waals surface area contributed by atoms with Gasteiger partial charge in [0, 0.05) is 52.3 Å². The Bertz CT molecular complexity index is 3470. The third-order valence-electron chi connectivity index (χ3n) is 12.9. The van der Waals surface area contributed by atoms with E-state index in [1.54, 1.807) is 0 Å². The van der Waals surface area contributed by atoms with Crippen LogP contribution >= 0.6 is 0 Å². The fourth-order valence-corrected chi connectivity index (χ4v) is 15.3. The van der Waals surface area contributed by atoms with E-state index >= 15 is 4.39 Å². The van der Waals surface area contributed by atoms with Crippen molar-refractivity contribution in [1.82, 2.24) is 19.1 Å². The molecular weight excluding hydrogens is 790 g/mol. The van der Waals surface area contributed by atoms with E-state index in [0.717, 1.165) is 61.4 Å². The number of alkyl halides is 1.